The van der Waals surface area contributed by atoms with Crippen LogP contribution < -0.4 is 17.0 Å². The molecule has 3 saturated heterocycles. The first-order chi connectivity index (χ1) is 21.3. The highest BCUT2D eigenvalue weighted by molar-refractivity contribution is 7.47. The Hall–Kier alpha value is -3.44. The number of nitrogens with one attached hydrogen (secondary N) is 1. The molecule has 4 aromatic heterocycles. The quantitative estimate of drug-likeness (QED) is 0.109. The Kier molecular flexibility index (Phi) is 7.27. The molecule has 3 aliphatic heterocycles. The molecule has 0 amide bonds. The lowest BCUT2D eigenvalue weighted by Crippen LogP contribution is -2.36. The van der Waals surface area contributed by atoms with Crippen LogP contribution in [0.1, 0.15) is 12.5 Å². The van der Waals surface area contributed by atoms with Crippen molar-refractivity contribution in [3.05, 3.63) is 29.3 Å². The van der Waals surface area contributed by atoms with Gasteiger partial charge in [0.2, 0.25) is 5.95 Å². The molecule has 0 aromatic carbocycles. The number of phosphoric ester groups is 2. The highest BCUT2D eigenvalue weighted by Crippen LogP contribution is 2.53. The number of phosphoric acid groups is 2. The van der Waals surface area contributed by atoms with Crippen LogP contribution in [0.25, 0.3) is 22.3 Å². The lowest BCUT2D eigenvalue weighted by Gasteiger charge is -2.25. The topological polar surface area (TPSA) is 330 Å². The molecule has 9 N–H and O–H groups in total. The summed E-state index contributed by atoms with van der Waals surface area (Å²) in [5.41, 5.74) is 10.8. The van der Waals surface area contributed by atoms with Gasteiger partial charge in [0.25, 0.3) is 5.56 Å². The number of aromatic nitrogens is 8. The van der Waals surface area contributed by atoms with Crippen molar-refractivity contribution in [1.82, 2.24) is 39.0 Å². The zero-order valence-electron chi connectivity index (χ0n) is 22.4. The molecule has 0 spiro atoms. The first-order valence-corrected chi connectivity index (χ1v) is 15.9. The lowest BCUT2D eigenvalue weighted by molar-refractivity contribution is -0.0672. The van der Waals surface area contributed by atoms with Gasteiger partial charge in [-0.15, -0.1) is 0 Å². The van der Waals surface area contributed by atoms with E-state index in [0.717, 1.165) is 17.2 Å². The number of hydrogen-bond donors (Lipinski definition) is 7. The second-order valence-corrected chi connectivity index (χ2v) is 13.0. The Morgan fingerprint density at radius 2 is 1.44 bits per heavy atom. The van der Waals surface area contributed by atoms with Crippen LogP contribution in [0.15, 0.2) is 23.8 Å². The van der Waals surface area contributed by atoms with Gasteiger partial charge >= 0.3 is 15.6 Å². The van der Waals surface area contributed by atoms with Gasteiger partial charge in [-0.2, -0.15) is 4.98 Å². The predicted octanol–water partition coefficient (Wildman–Crippen LogP) is -2.34. The van der Waals surface area contributed by atoms with E-state index in [1.165, 1.54) is 10.9 Å². The normalized spacial score (nSPS) is 37.7. The highest BCUT2D eigenvalue weighted by Gasteiger charge is 2.54. The third kappa shape index (κ3) is 5.31. The van der Waals surface area contributed by atoms with Gasteiger partial charge in [-0.25, -0.2) is 29.1 Å². The third-order valence-electron chi connectivity index (χ3n) is 7.32. The molecule has 7 rings (SSSR count). The summed E-state index contributed by atoms with van der Waals surface area (Å²) in [5.74, 6) is -0.250. The Balaban J connectivity index is 1.21. The van der Waals surface area contributed by atoms with Gasteiger partial charge < -0.3 is 40.9 Å². The molecule has 0 aliphatic carbocycles. The van der Waals surface area contributed by atoms with Crippen LogP contribution in [0.2, 0.25) is 0 Å². The second-order valence-electron chi connectivity index (χ2n) is 10.1. The number of nitrogens with two attached hydrogens (primary N) is 2. The van der Waals surface area contributed by atoms with Gasteiger partial charge in [0.05, 0.1) is 25.9 Å². The molecule has 23 nitrogen and oxygen atoms in total. The molecule has 0 radical (unpaired) electrons. The van der Waals surface area contributed by atoms with Crippen molar-refractivity contribution < 1.29 is 56.7 Å². The summed E-state index contributed by atoms with van der Waals surface area (Å²) in [5, 5.41) is 22.1. The van der Waals surface area contributed by atoms with Gasteiger partial charge in [0, 0.05) is 0 Å². The standard InChI is InChI=1S/C20H24N10O13P2/c21-14-8-15(24-3-23-14)29(4-25-8)18-11(32)12-7(41-18)2-39-45(36,37)43-13-10(31)6(1-38-44(34,35)42-12)40-19(13)30-5-26-9-16(30)27-20(22)28-17(9)33/h3-7,10-13,18-19,31-32H,1-2H2,(H,34,35)(H,36,37)(H2,21,23,24)(H3,22,27,28,33)/t6-,7-,10+,11?,12+,13?,18-,19-/m1/s1. The summed E-state index contributed by atoms with van der Waals surface area (Å²) in [7, 11) is -10.2. The number of imidazole rings is 2. The number of aliphatic hydroxyl groups excluding tert-OH is 2. The molecule has 2 bridgehead atoms. The van der Waals surface area contributed by atoms with Gasteiger partial charge in [0.1, 0.15) is 48.5 Å². The van der Waals surface area contributed by atoms with Crippen molar-refractivity contribution in [3.8, 4) is 0 Å². The van der Waals surface area contributed by atoms with E-state index < -0.39 is 83.5 Å². The molecular formula is C20H24N10O13P2. The van der Waals surface area contributed by atoms with Gasteiger partial charge in [-0.1, -0.05) is 0 Å². The summed E-state index contributed by atoms with van der Waals surface area (Å²) in [6.07, 6.45) is -9.21. The number of hydrogen-bond acceptors (Lipinski definition) is 18. The van der Waals surface area contributed by atoms with Crippen LogP contribution in [0.3, 0.4) is 0 Å². The number of nitrogen functional groups attached to an aromatic ring is 2. The first kappa shape index (κ1) is 30.2. The molecule has 7 heterocycles. The largest absolute Gasteiger partial charge is 0.472 e. The zero-order valence-corrected chi connectivity index (χ0v) is 24.2. The summed E-state index contributed by atoms with van der Waals surface area (Å²) in [4.78, 5) is 55.8. The number of aromatic amines is 1. The van der Waals surface area contributed by atoms with Crippen molar-refractivity contribution in [3.63, 3.8) is 0 Å². The number of anilines is 2. The Morgan fingerprint density at radius 3 is 2.18 bits per heavy atom. The minimum absolute atomic E-state index is 0.0343. The van der Waals surface area contributed by atoms with E-state index in [-0.39, 0.29) is 34.1 Å². The highest BCUT2D eigenvalue weighted by atomic mass is 31.2. The molecule has 45 heavy (non-hydrogen) atoms. The predicted molar refractivity (Wildman–Crippen MR) is 143 cm³/mol. The van der Waals surface area contributed by atoms with Crippen molar-refractivity contribution in [1.29, 1.82) is 0 Å². The van der Waals surface area contributed by atoms with Crippen LogP contribution in [0.5, 0.6) is 0 Å². The number of fused-ring (bicyclic) bond motifs is 5. The monoisotopic (exact) mass is 674 g/mol. The van der Waals surface area contributed by atoms with E-state index in [1.54, 1.807) is 0 Å². The van der Waals surface area contributed by atoms with Crippen LogP contribution in [0.4, 0.5) is 11.8 Å². The van der Waals surface area contributed by atoms with Gasteiger partial charge in [-0.3, -0.25) is 37.0 Å². The lowest BCUT2D eigenvalue weighted by atomic mass is 10.1. The van der Waals surface area contributed by atoms with Crippen molar-refractivity contribution in [2.45, 2.75) is 49.1 Å². The fraction of sp³-hybridized carbons (Fsp3) is 0.500. The third-order valence-corrected chi connectivity index (χ3v) is 9.29. The average Bonchev–Trinajstić information content (AvgIpc) is 3.72. The molecule has 4 unspecified atom stereocenters. The molecule has 3 fully saturated rings. The summed E-state index contributed by atoms with van der Waals surface area (Å²) in [6.45, 7) is -1.65. The maximum Gasteiger partial charge on any atom is 0.472 e. The molecule has 3 aliphatic rings. The maximum atomic E-state index is 13.2. The minimum Gasteiger partial charge on any atom is -0.387 e. The Morgan fingerprint density at radius 1 is 0.822 bits per heavy atom. The average molecular weight is 674 g/mol. The molecule has 4 aromatic rings. The molecule has 10 atom stereocenters. The van der Waals surface area contributed by atoms with Gasteiger partial charge in [0.15, 0.2) is 35.1 Å². The Labute approximate surface area is 248 Å². The fourth-order valence-electron chi connectivity index (χ4n) is 5.30. The number of H-pyrrole nitrogens is 1. The number of rotatable bonds is 2. The number of ether oxygens (including phenoxy) is 2. The maximum absolute atomic E-state index is 13.2. The fourth-order valence-corrected chi connectivity index (χ4v) is 7.19. The van der Waals surface area contributed by atoms with E-state index in [9.17, 15) is 33.9 Å². The Bertz CT molecular complexity index is 1940. The van der Waals surface area contributed by atoms with Crippen LogP contribution >= 0.6 is 15.6 Å². The van der Waals surface area contributed by atoms with Crippen LogP contribution in [0, 0.1) is 0 Å². The molecular weight excluding hydrogens is 650 g/mol. The first-order valence-electron chi connectivity index (χ1n) is 13.0. The SMILES string of the molecule is Nc1nc2c(ncn2[C@@H]2O[C@@H]3COP(=O)(O)O[C@@H]4C(O)[C@H](n5cnc6c(N)ncnc65)O[C@@H]4COP(=O)(O)OC2[C@H]3O)c(=O)[nH]1. The summed E-state index contributed by atoms with van der Waals surface area (Å²) >= 11 is 0. The number of aliphatic hydroxyl groups is 2. The molecule has 25 heteroatoms. The van der Waals surface area contributed by atoms with E-state index in [1.807, 2.05) is 0 Å². The van der Waals surface area contributed by atoms with Gasteiger partial charge in [-0.05, 0) is 0 Å². The van der Waals surface area contributed by atoms with E-state index in [4.69, 9.17) is 39.0 Å². The van der Waals surface area contributed by atoms with Crippen molar-refractivity contribution in [2.75, 3.05) is 24.7 Å². The smallest absolute Gasteiger partial charge is 0.387 e. The summed E-state index contributed by atoms with van der Waals surface area (Å²) in [6, 6.07) is 0. The second kappa shape index (κ2) is 10.8. The van der Waals surface area contributed by atoms with E-state index in [2.05, 4.69) is 29.9 Å². The van der Waals surface area contributed by atoms with E-state index >= 15 is 0 Å². The minimum atomic E-state index is -5.11. The molecule has 242 valence electrons. The summed E-state index contributed by atoms with van der Waals surface area (Å²) < 4.78 is 61.0. The van der Waals surface area contributed by atoms with Crippen molar-refractivity contribution >= 4 is 49.7 Å². The molecule has 0 saturated carbocycles. The van der Waals surface area contributed by atoms with Crippen molar-refractivity contribution in [2.24, 2.45) is 0 Å². The van der Waals surface area contributed by atoms with Crippen LogP contribution in [-0.4, -0.2) is 109 Å². The zero-order chi connectivity index (χ0) is 31.8. The number of nitrogens with zero attached hydrogens (tertiary/aromatic N) is 7. The van der Waals surface area contributed by atoms with Crippen LogP contribution in [-0.2, 0) is 36.7 Å². The van der Waals surface area contributed by atoms with E-state index in [0.29, 0.717) is 0 Å².